The van der Waals surface area contributed by atoms with Crippen molar-refractivity contribution in [1.82, 2.24) is 9.55 Å². The van der Waals surface area contributed by atoms with E-state index in [1.807, 2.05) is 0 Å². The fraction of sp³-hybridized carbons (Fsp3) is 0.636. The normalized spacial score (nSPS) is 15.6. The van der Waals surface area contributed by atoms with E-state index in [4.69, 9.17) is 24.6 Å². The Morgan fingerprint density at radius 1 is 1.52 bits per heavy atom. The van der Waals surface area contributed by atoms with E-state index in [0.29, 0.717) is 0 Å². The Bertz CT molecular complexity index is 543. The van der Waals surface area contributed by atoms with Crippen LogP contribution in [0.4, 0.5) is 5.82 Å². The van der Waals surface area contributed by atoms with E-state index in [1.54, 1.807) is 0 Å². The second kappa shape index (κ2) is 8.26. The van der Waals surface area contributed by atoms with Crippen molar-refractivity contribution < 1.29 is 23.5 Å². The second-order valence-corrected chi connectivity index (χ2v) is 6.24. The Hall–Kier alpha value is -1.25. The Morgan fingerprint density at radius 2 is 2.24 bits per heavy atom. The maximum atomic E-state index is 11.5. The van der Waals surface area contributed by atoms with Gasteiger partial charge in [0.1, 0.15) is 11.9 Å². The molecule has 1 unspecified atom stereocenters. The van der Waals surface area contributed by atoms with Gasteiger partial charge in [-0.15, -0.1) is 0 Å². The van der Waals surface area contributed by atoms with Crippen LogP contribution in [0.2, 0.25) is 0 Å². The van der Waals surface area contributed by atoms with Crippen LogP contribution in [0.15, 0.2) is 17.1 Å². The molecule has 0 aromatic carbocycles. The Morgan fingerprint density at radius 3 is 2.81 bits per heavy atom. The average Bonchev–Trinajstić information content (AvgIpc) is 2.37. The molecule has 10 heteroatoms. The van der Waals surface area contributed by atoms with E-state index < -0.39 is 19.4 Å². The molecule has 9 nitrogen and oxygen atoms in total. The van der Waals surface area contributed by atoms with Gasteiger partial charge in [-0.1, -0.05) is 0 Å². The maximum Gasteiger partial charge on any atom is 0.349 e. The highest BCUT2D eigenvalue weighted by molar-refractivity contribution is 7.51. The number of nitrogens with two attached hydrogens (primary N) is 1. The summed E-state index contributed by atoms with van der Waals surface area (Å²) in [5.41, 5.74) is 4.92. The number of anilines is 1. The number of methoxy groups -OCH3 is 1. The summed E-state index contributed by atoms with van der Waals surface area (Å²) in [5, 5.41) is 0. The fourth-order valence-corrected chi connectivity index (χ4v) is 1.92. The van der Waals surface area contributed by atoms with Gasteiger partial charge < -0.3 is 24.6 Å². The van der Waals surface area contributed by atoms with E-state index in [-0.39, 0.29) is 32.2 Å². The molecule has 0 saturated carbocycles. The minimum atomic E-state index is -3.56. The Kier molecular flexibility index (Phi) is 7.00. The van der Waals surface area contributed by atoms with Crippen LogP contribution in [0.1, 0.15) is 0 Å². The molecule has 1 rings (SSSR count). The molecule has 0 amide bonds. The third kappa shape index (κ3) is 7.35. The maximum absolute atomic E-state index is 11.5. The van der Waals surface area contributed by atoms with E-state index in [9.17, 15) is 9.36 Å². The first-order valence-corrected chi connectivity index (χ1v) is 8.22. The van der Waals surface area contributed by atoms with Crippen molar-refractivity contribution >= 4 is 13.4 Å². The van der Waals surface area contributed by atoms with Crippen LogP contribution in [0, 0.1) is 0 Å². The van der Waals surface area contributed by atoms with Gasteiger partial charge in [0.25, 0.3) is 0 Å². The Balaban J connectivity index is 2.46. The lowest BCUT2D eigenvalue weighted by Gasteiger charge is -2.18. The largest absolute Gasteiger partial charge is 0.383 e. The SMILES string of the molecule is COC[C@H](COP(C)(=O)O)OCCn1ccc(N)nc1=O. The van der Waals surface area contributed by atoms with E-state index in [0.717, 1.165) is 6.66 Å². The summed E-state index contributed by atoms with van der Waals surface area (Å²) in [7, 11) is -2.08. The summed E-state index contributed by atoms with van der Waals surface area (Å²) in [5.74, 6) is 0.157. The van der Waals surface area contributed by atoms with Crippen molar-refractivity contribution in [3.63, 3.8) is 0 Å². The van der Waals surface area contributed by atoms with Gasteiger partial charge in [0.15, 0.2) is 0 Å². The minimum absolute atomic E-state index is 0.0764. The van der Waals surface area contributed by atoms with E-state index in [2.05, 4.69) is 4.98 Å². The van der Waals surface area contributed by atoms with Gasteiger partial charge in [0.05, 0.1) is 26.4 Å². The first kappa shape index (κ1) is 17.8. The zero-order valence-corrected chi connectivity index (χ0v) is 12.9. The summed E-state index contributed by atoms with van der Waals surface area (Å²) in [4.78, 5) is 24.2. The van der Waals surface area contributed by atoms with Gasteiger partial charge in [0, 0.05) is 20.0 Å². The molecule has 1 aromatic heterocycles. The van der Waals surface area contributed by atoms with Gasteiger partial charge >= 0.3 is 13.3 Å². The lowest BCUT2D eigenvalue weighted by Crippen LogP contribution is -2.29. The third-order valence-corrected chi connectivity index (χ3v) is 3.06. The number of ether oxygens (including phenoxy) is 2. The summed E-state index contributed by atoms with van der Waals surface area (Å²) in [6.45, 7) is 1.69. The molecule has 21 heavy (non-hydrogen) atoms. The zero-order valence-electron chi connectivity index (χ0n) is 12.0. The van der Waals surface area contributed by atoms with Crippen LogP contribution >= 0.6 is 7.60 Å². The van der Waals surface area contributed by atoms with Crippen LogP contribution in [0.3, 0.4) is 0 Å². The molecular formula is C11H20N3O6P. The van der Waals surface area contributed by atoms with Gasteiger partial charge in [-0.25, -0.2) is 4.79 Å². The highest BCUT2D eigenvalue weighted by Gasteiger charge is 2.16. The van der Waals surface area contributed by atoms with Crippen LogP contribution < -0.4 is 11.4 Å². The van der Waals surface area contributed by atoms with Crippen molar-refractivity contribution in [3.05, 3.63) is 22.7 Å². The molecule has 2 atom stereocenters. The lowest BCUT2D eigenvalue weighted by molar-refractivity contribution is -0.0297. The second-order valence-electron chi connectivity index (χ2n) is 4.38. The smallest absolute Gasteiger partial charge is 0.349 e. The summed E-state index contributed by atoms with van der Waals surface area (Å²) in [6, 6.07) is 1.51. The summed E-state index contributed by atoms with van der Waals surface area (Å²) < 4.78 is 27.6. The number of nitrogen functional groups attached to an aromatic ring is 1. The number of rotatable bonds is 9. The number of aromatic nitrogens is 2. The van der Waals surface area contributed by atoms with E-state index in [1.165, 1.54) is 23.9 Å². The van der Waals surface area contributed by atoms with E-state index >= 15 is 0 Å². The van der Waals surface area contributed by atoms with Crippen molar-refractivity contribution in [1.29, 1.82) is 0 Å². The molecule has 1 aromatic rings. The molecule has 0 radical (unpaired) electrons. The number of hydrogen-bond acceptors (Lipinski definition) is 7. The molecule has 1 heterocycles. The van der Waals surface area contributed by atoms with Gasteiger partial charge in [-0.2, -0.15) is 4.98 Å². The van der Waals surface area contributed by atoms with Gasteiger partial charge in [0.2, 0.25) is 0 Å². The standard InChI is InChI=1S/C11H20N3O6P/c1-18-7-9(8-20-21(2,16)17)19-6-5-14-4-3-10(12)13-11(14)15/h3-4,9H,5-8H2,1-2H3,(H,16,17)(H2,12,13,15)/t9-/m1/s1. The molecule has 0 bridgehead atoms. The number of hydrogen-bond donors (Lipinski definition) is 2. The predicted molar refractivity (Wildman–Crippen MR) is 76.2 cm³/mol. The van der Waals surface area contributed by atoms with Gasteiger partial charge in [-0.3, -0.25) is 9.13 Å². The molecule has 0 aliphatic carbocycles. The van der Waals surface area contributed by atoms with Crippen LogP contribution in [-0.2, 0) is 25.1 Å². The van der Waals surface area contributed by atoms with Crippen LogP contribution in [0.25, 0.3) is 0 Å². The highest BCUT2D eigenvalue weighted by atomic mass is 31.2. The average molecular weight is 321 g/mol. The molecule has 0 saturated heterocycles. The molecule has 0 spiro atoms. The van der Waals surface area contributed by atoms with Crippen molar-refractivity contribution in [3.8, 4) is 0 Å². The summed E-state index contributed by atoms with van der Waals surface area (Å²) >= 11 is 0. The van der Waals surface area contributed by atoms with Crippen molar-refractivity contribution in [2.75, 3.05) is 39.3 Å². The molecule has 0 aliphatic rings. The zero-order chi connectivity index (χ0) is 15.9. The topological polar surface area (TPSA) is 126 Å². The first-order valence-electron chi connectivity index (χ1n) is 6.20. The fourth-order valence-electron chi connectivity index (χ4n) is 1.48. The molecule has 0 fully saturated rings. The molecule has 3 N–H and O–H groups in total. The quantitative estimate of drug-likeness (QED) is 0.593. The lowest BCUT2D eigenvalue weighted by atomic mass is 10.4. The number of nitrogens with zero attached hydrogens (tertiary/aromatic N) is 2. The third-order valence-electron chi connectivity index (χ3n) is 2.43. The van der Waals surface area contributed by atoms with Crippen LogP contribution in [0.5, 0.6) is 0 Å². The first-order chi connectivity index (χ1) is 9.81. The van der Waals surface area contributed by atoms with Crippen molar-refractivity contribution in [2.24, 2.45) is 0 Å². The van der Waals surface area contributed by atoms with Crippen molar-refractivity contribution in [2.45, 2.75) is 12.6 Å². The molecular weight excluding hydrogens is 301 g/mol. The molecule has 120 valence electrons. The van der Waals surface area contributed by atoms with Gasteiger partial charge in [-0.05, 0) is 6.07 Å². The summed E-state index contributed by atoms with van der Waals surface area (Å²) in [6.07, 6.45) is 1.01. The molecule has 0 aliphatic heterocycles. The minimum Gasteiger partial charge on any atom is -0.383 e. The van der Waals surface area contributed by atoms with Crippen LogP contribution in [-0.4, -0.2) is 54.1 Å². The highest BCUT2D eigenvalue weighted by Crippen LogP contribution is 2.36. The predicted octanol–water partition coefficient (Wildman–Crippen LogP) is -0.311. The monoisotopic (exact) mass is 321 g/mol. The Labute approximate surface area is 122 Å².